The highest BCUT2D eigenvalue weighted by molar-refractivity contribution is 5.86. The standard InChI is InChI=1S/C30H32F3N7O.3ClH/c1-41-27-13-12-24(40-29(30(31,32)33)35-36-37-40)16-23(27)18-38-19-25-17-34-14-15-39(25)26(20-38)28(21-8-4-2-5-9-21)22-10-6-3-7-11-22;;;/h2-13,16,25-26,28,34H,14-15,17-20H2,1H3;3*1H/t25-,26?;;;/m0.../s1. The molecule has 238 valence electrons. The lowest BCUT2D eigenvalue weighted by Crippen LogP contribution is -2.66. The van der Waals surface area contributed by atoms with Crippen molar-refractivity contribution < 1.29 is 17.9 Å². The highest BCUT2D eigenvalue weighted by atomic mass is 35.5. The predicted molar refractivity (Wildman–Crippen MR) is 170 cm³/mol. The number of ether oxygens (including phenoxy) is 1. The number of halogens is 6. The Hall–Kier alpha value is -2.93. The number of aromatic nitrogens is 4. The van der Waals surface area contributed by atoms with E-state index < -0.39 is 12.0 Å². The highest BCUT2D eigenvalue weighted by Gasteiger charge is 2.41. The second kappa shape index (κ2) is 15.4. The van der Waals surface area contributed by atoms with Crippen LogP contribution < -0.4 is 10.1 Å². The van der Waals surface area contributed by atoms with Crippen molar-refractivity contribution in [2.75, 3.05) is 39.8 Å². The number of piperazine rings is 2. The van der Waals surface area contributed by atoms with Crippen LogP contribution in [0.2, 0.25) is 0 Å². The van der Waals surface area contributed by atoms with E-state index in [2.05, 4.69) is 79.2 Å². The molecule has 0 amide bonds. The fourth-order valence-electron chi connectivity index (χ4n) is 6.31. The van der Waals surface area contributed by atoms with Crippen LogP contribution in [0, 0.1) is 0 Å². The summed E-state index contributed by atoms with van der Waals surface area (Å²) in [7, 11) is 1.57. The number of benzene rings is 3. The van der Waals surface area contributed by atoms with Crippen molar-refractivity contribution in [3.63, 3.8) is 0 Å². The smallest absolute Gasteiger partial charge is 0.453 e. The largest absolute Gasteiger partial charge is 0.496 e. The van der Waals surface area contributed by atoms with Gasteiger partial charge in [0.1, 0.15) is 5.75 Å². The van der Waals surface area contributed by atoms with Gasteiger partial charge in [-0.2, -0.15) is 17.9 Å². The molecular weight excluding hydrogens is 638 g/mol. The Kier molecular flexibility index (Phi) is 12.4. The number of methoxy groups -OCH3 is 1. The van der Waals surface area contributed by atoms with Gasteiger partial charge in [-0.15, -0.1) is 42.3 Å². The fourth-order valence-corrected chi connectivity index (χ4v) is 6.31. The van der Waals surface area contributed by atoms with Gasteiger partial charge in [-0.05, 0) is 39.8 Å². The van der Waals surface area contributed by atoms with Gasteiger partial charge in [-0.3, -0.25) is 9.80 Å². The van der Waals surface area contributed by atoms with Crippen molar-refractivity contribution in [2.24, 2.45) is 0 Å². The Balaban J connectivity index is 0.00000176. The monoisotopic (exact) mass is 671 g/mol. The molecule has 4 aromatic rings. The molecule has 2 atom stereocenters. The molecule has 0 aliphatic carbocycles. The first kappa shape index (κ1) is 35.5. The van der Waals surface area contributed by atoms with Gasteiger partial charge in [0, 0.05) is 62.8 Å². The van der Waals surface area contributed by atoms with Crippen LogP contribution in [0.15, 0.2) is 78.9 Å². The molecule has 3 aromatic carbocycles. The first-order valence-electron chi connectivity index (χ1n) is 13.7. The zero-order chi connectivity index (χ0) is 28.4. The molecule has 0 radical (unpaired) electrons. The Bertz CT molecular complexity index is 1420. The zero-order valence-corrected chi connectivity index (χ0v) is 26.4. The summed E-state index contributed by atoms with van der Waals surface area (Å²) in [6.45, 7) is 4.89. The SMILES string of the molecule is COc1ccc(-n2nnnc2C(F)(F)F)cc1CN1CC(C(c2ccccc2)c2ccccc2)N2CCNC[C@H]2C1.Cl.Cl.Cl. The topological polar surface area (TPSA) is 71.3 Å². The predicted octanol–water partition coefficient (Wildman–Crippen LogP) is 5.25. The maximum Gasteiger partial charge on any atom is 0.453 e. The molecule has 0 spiro atoms. The molecule has 0 saturated carbocycles. The van der Waals surface area contributed by atoms with Crippen molar-refractivity contribution in [3.8, 4) is 11.4 Å². The van der Waals surface area contributed by atoms with Crippen LogP contribution >= 0.6 is 37.2 Å². The van der Waals surface area contributed by atoms with Crippen LogP contribution in [0.5, 0.6) is 5.75 Å². The van der Waals surface area contributed by atoms with Gasteiger partial charge in [0.2, 0.25) is 0 Å². The van der Waals surface area contributed by atoms with Crippen molar-refractivity contribution in [3.05, 3.63) is 101 Å². The van der Waals surface area contributed by atoms with Crippen molar-refractivity contribution in [1.29, 1.82) is 0 Å². The van der Waals surface area contributed by atoms with Crippen molar-refractivity contribution in [2.45, 2.75) is 30.7 Å². The first-order valence-corrected chi connectivity index (χ1v) is 13.7. The average Bonchev–Trinajstić information content (AvgIpc) is 3.50. The summed E-state index contributed by atoms with van der Waals surface area (Å²) in [6.07, 6.45) is -4.68. The van der Waals surface area contributed by atoms with Gasteiger partial charge >= 0.3 is 6.18 Å². The average molecular weight is 673 g/mol. The molecular formula is C30H35Cl3F3N7O. The number of hydrogen-bond acceptors (Lipinski definition) is 7. The zero-order valence-electron chi connectivity index (χ0n) is 23.9. The number of hydrogen-bond donors (Lipinski definition) is 1. The maximum atomic E-state index is 13.5. The Morgan fingerprint density at radius 3 is 2.20 bits per heavy atom. The van der Waals surface area contributed by atoms with Crippen LogP contribution in [0.3, 0.4) is 0 Å². The summed E-state index contributed by atoms with van der Waals surface area (Å²) in [5.74, 6) is -0.396. The van der Waals surface area contributed by atoms with E-state index in [9.17, 15) is 13.2 Å². The van der Waals surface area contributed by atoms with E-state index in [-0.39, 0.29) is 54.9 Å². The van der Waals surface area contributed by atoms with Gasteiger partial charge in [-0.25, -0.2) is 0 Å². The molecule has 8 nitrogen and oxygen atoms in total. The highest BCUT2D eigenvalue weighted by Crippen LogP contribution is 2.36. The lowest BCUT2D eigenvalue weighted by atomic mass is 9.81. The van der Waals surface area contributed by atoms with Gasteiger partial charge < -0.3 is 10.1 Å². The van der Waals surface area contributed by atoms with Crippen LogP contribution in [0.1, 0.15) is 28.4 Å². The van der Waals surface area contributed by atoms with Crippen LogP contribution in [0.25, 0.3) is 5.69 Å². The molecule has 1 N–H and O–H groups in total. The van der Waals surface area contributed by atoms with Gasteiger partial charge in [0.05, 0.1) is 12.8 Å². The number of nitrogens with zero attached hydrogens (tertiary/aromatic N) is 6. The second-order valence-corrected chi connectivity index (χ2v) is 10.6. The number of nitrogens with one attached hydrogen (secondary N) is 1. The van der Waals surface area contributed by atoms with Crippen LogP contribution in [0.4, 0.5) is 13.2 Å². The Morgan fingerprint density at radius 1 is 0.932 bits per heavy atom. The number of fused-ring (bicyclic) bond motifs is 1. The second-order valence-electron chi connectivity index (χ2n) is 10.6. The van der Waals surface area contributed by atoms with Gasteiger partial charge in [-0.1, -0.05) is 60.7 Å². The molecule has 1 aromatic heterocycles. The minimum absolute atomic E-state index is 0. The summed E-state index contributed by atoms with van der Waals surface area (Å²) >= 11 is 0. The summed E-state index contributed by atoms with van der Waals surface area (Å²) in [5, 5.41) is 13.7. The van der Waals surface area contributed by atoms with E-state index in [0.717, 1.165) is 43.0 Å². The third-order valence-corrected chi connectivity index (χ3v) is 8.06. The molecule has 2 aliphatic rings. The molecule has 2 fully saturated rings. The van der Waals surface area contributed by atoms with E-state index in [1.807, 2.05) is 12.1 Å². The fraction of sp³-hybridized carbons (Fsp3) is 0.367. The van der Waals surface area contributed by atoms with E-state index in [4.69, 9.17) is 4.74 Å². The molecule has 2 aliphatic heterocycles. The van der Waals surface area contributed by atoms with E-state index >= 15 is 0 Å². The Morgan fingerprint density at radius 2 is 1.59 bits per heavy atom. The lowest BCUT2D eigenvalue weighted by Gasteiger charge is -2.52. The number of rotatable bonds is 7. The van der Waals surface area contributed by atoms with E-state index in [0.29, 0.717) is 18.3 Å². The summed E-state index contributed by atoms with van der Waals surface area (Å²) in [5.41, 5.74) is 3.54. The van der Waals surface area contributed by atoms with Crippen molar-refractivity contribution >= 4 is 37.2 Å². The molecule has 3 heterocycles. The maximum absolute atomic E-state index is 13.5. The Labute approximate surface area is 273 Å². The molecule has 0 bridgehead atoms. The molecule has 1 unspecified atom stereocenters. The summed E-state index contributed by atoms with van der Waals surface area (Å²) in [4.78, 5) is 5.03. The van der Waals surface area contributed by atoms with E-state index in [1.165, 1.54) is 11.1 Å². The molecule has 44 heavy (non-hydrogen) atoms. The van der Waals surface area contributed by atoms with Gasteiger partial charge in [0.15, 0.2) is 0 Å². The van der Waals surface area contributed by atoms with Crippen molar-refractivity contribution in [1.82, 2.24) is 35.3 Å². The third-order valence-electron chi connectivity index (χ3n) is 8.06. The quantitative estimate of drug-likeness (QED) is 0.288. The minimum atomic E-state index is -4.68. The minimum Gasteiger partial charge on any atom is -0.496 e. The first-order chi connectivity index (χ1) is 19.9. The molecule has 14 heteroatoms. The van der Waals surface area contributed by atoms with Crippen LogP contribution in [-0.4, -0.2) is 81.9 Å². The number of tetrazole rings is 1. The van der Waals surface area contributed by atoms with Crippen LogP contribution in [-0.2, 0) is 12.7 Å². The molecule has 2 saturated heterocycles. The summed E-state index contributed by atoms with van der Waals surface area (Å²) < 4.78 is 47.0. The van der Waals surface area contributed by atoms with E-state index in [1.54, 1.807) is 25.3 Å². The summed E-state index contributed by atoms with van der Waals surface area (Å²) in [6, 6.07) is 26.6. The molecule has 6 rings (SSSR count). The van der Waals surface area contributed by atoms with Gasteiger partial charge in [0.25, 0.3) is 5.82 Å². The third kappa shape index (κ3) is 7.47. The lowest BCUT2D eigenvalue weighted by molar-refractivity contribution is -0.146. The normalized spacial score (nSPS) is 18.8. The number of alkyl halides is 3.